The second-order valence-electron chi connectivity index (χ2n) is 5.74. The van der Waals surface area contributed by atoms with Crippen LogP contribution in [0.4, 0.5) is 11.4 Å². The number of hydrogen-bond donors (Lipinski definition) is 0. The van der Waals surface area contributed by atoms with Crippen molar-refractivity contribution >= 4 is 34.6 Å². The van der Waals surface area contributed by atoms with Crippen molar-refractivity contribution < 1.29 is 4.92 Å². The van der Waals surface area contributed by atoms with E-state index in [1.54, 1.807) is 12.1 Å². The molecule has 1 saturated heterocycles. The molecule has 7 heteroatoms. The molecule has 0 bridgehead atoms. The summed E-state index contributed by atoms with van der Waals surface area (Å²) in [6.45, 7) is 3.89. The highest BCUT2D eigenvalue weighted by molar-refractivity contribution is 6.31. The Kier molecular flexibility index (Phi) is 5.23. The second-order valence-corrected chi connectivity index (χ2v) is 6.59. The van der Waals surface area contributed by atoms with Crippen LogP contribution < -0.4 is 4.90 Å². The molecule has 0 aromatic heterocycles. The molecule has 0 N–H and O–H groups in total. The monoisotopic (exact) mass is 365 g/mol. The molecule has 24 heavy (non-hydrogen) atoms. The van der Waals surface area contributed by atoms with E-state index in [0.29, 0.717) is 10.7 Å². The first-order valence-corrected chi connectivity index (χ1v) is 8.45. The van der Waals surface area contributed by atoms with E-state index < -0.39 is 0 Å². The van der Waals surface area contributed by atoms with E-state index >= 15 is 0 Å². The Morgan fingerprint density at radius 3 is 2.42 bits per heavy atom. The molecule has 1 heterocycles. The fraction of sp³-hybridized carbons (Fsp3) is 0.294. The topological polar surface area (TPSA) is 49.6 Å². The van der Waals surface area contributed by atoms with E-state index in [-0.39, 0.29) is 10.6 Å². The summed E-state index contributed by atoms with van der Waals surface area (Å²) >= 11 is 12.1. The van der Waals surface area contributed by atoms with Gasteiger partial charge in [-0.2, -0.15) is 0 Å². The summed E-state index contributed by atoms with van der Waals surface area (Å²) in [6.07, 6.45) is 0. The molecular formula is C17H17Cl2N3O2. The number of nitro groups is 1. The van der Waals surface area contributed by atoms with Gasteiger partial charge < -0.3 is 4.90 Å². The van der Waals surface area contributed by atoms with Crippen molar-refractivity contribution in [2.24, 2.45) is 0 Å². The molecule has 0 unspecified atom stereocenters. The predicted octanol–water partition coefficient (Wildman–Crippen LogP) is 4.22. The molecule has 1 aliphatic rings. The Hall–Kier alpha value is -1.82. The maximum atomic E-state index is 11.3. The Morgan fingerprint density at radius 1 is 1.04 bits per heavy atom. The fourth-order valence-corrected chi connectivity index (χ4v) is 3.29. The third kappa shape index (κ3) is 3.80. The van der Waals surface area contributed by atoms with Gasteiger partial charge in [0.25, 0.3) is 5.69 Å². The molecule has 3 rings (SSSR count). The minimum absolute atomic E-state index is 0.0575. The van der Waals surface area contributed by atoms with E-state index in [1.165, 1.54) is 6.07 Å². The SMILES string of the molecule is O=[N+]([O-])c1cc(Cl)ccc1N1CCN(Cc2ccccc2Cl)CC1. The predicted molar refractivity (Wildman–Crippen MR) is 97.0 cm³/mol. The quantitative estimate of drug-likeness (QED) is 0.600. The van der Waals surface area contributed by atoms with Crippen molar-refractivity contribution in [1.82, 2.24) is 4.90 Å². The van der Waals surface area contributed by atoms with Crippen LogP contribution in [0.25, 0.3) is 0 Å². The molecule has 0 atom stereocenters. The molecule has 1 aliphatic heterocycles. The fourth-order valence-electron chi connectivity index (χ4n) is 2.92. The Morgan fingerprint density at radius 2 is 1.75 bits per heavy atom. The number of halogens is 2. The highest BCUT2D eigenvalue weighted by Crippen LogP contribution is 2.31. The molecule has 0 radical (unpaired) electrons. The lowest BCUT2D eigenvalue weighted by atomic mass is 10.1. The normalized spacial score (nSPS) is 15.5. The molecule has 0 spiro atoms. The largest absolute Gasteiger partial charge is 0.363 e. The average molecular weight is 366 g/mol. The Labute approximate surface area is 150 Å². The van der Waals surface area contributed by atoms with Crippen LogP contribution in [0.5, 0.6) is 0 Å². The summed E-state index contributed by atoms with van der Waals surface area (Å²) in [5, 5.41) is 12.4. The van der Waals surface area contributed by atoms with Gasteiger partial charge in [-0.1, -0.05) is 41.4 Å². The number of rotatable bonds is 4. The van der Waals surface area contributed by atoms with Gasteiger partial charge >= 0.3 is 0 Å². The maximum Gasteiger partial charge on any atom is 0.294 e. The molecule has 5 nitrogen and oxygen atoms in total. The average Bonchev–Trinajstić information content (AvgIpc) is 2.58. The zero-order valence-corrected chi connectivity index (χ0v) is 14.5. The number of piperazine rings is 1. The summed E-state index contributed by atoms with van der Waals surface area (Å²) in [5.74, 6) is 0. The van der Waals surface area contributed by atoms with Crippen molar-refractivity contribution in [3.8, 4) is 0 Å². The van der Waals surface area contributed by atoms with E-state index in [0.717, 1.165) is 43.3 Å². The first-order chi connectivity index (χ1) is 11.5. The molecule has 1 fully saturated rings. The maximum absolute atomic E-state index is 11.3. The number of anilines is 1. The van der Waals surface area contributed by atoms with Crippen LogP contribution in [0, 0.1) is 10.1 Å². The van der Waals surface area contributed by atoms with Gasteiger partial charge in [0.1, 0.15) is 5.69 Å². The molecule has 0 saturated carbocycles. The van der Waals surface area contributed by atoms with Gasteiger partial charge in [-0.15, -0.1) is 0 Å². The summed E-state index contributed by atoms with van der Waals surface area (Å²) < 4.78 is 0. The van der Waals surface area contributed by atoms with E-state index in [4.69, 9.17) is 23.2 Å². The van der Waals surface area contributed by atoms with Gasteiger partial charge in [0.05, 0.1) is 4.92 Å². The lowest BCUT2D eigenvalue weighted by molar-refractivity contribution is -0.384. The Bertz CT molecular complexity index is 746. The lowest BCUT2D eigenvalue weighted by Crippen LogP contribution is -2.46. The van der Waals surface area contributed by atoms with Crippen molar-refractivity contribution in [2.45, 2.75) is 6.54 Å². The number of nitro benzene ring substituents is 1. The van der Waals surface area contributed by atoms with E-state index in [9.17, 15) is 10.1 Å². The number of nitrogens with zero attached hydrogens (tertiary/aromatic N) is 3. The molecular weight excluding hydrogens is 349 g/mol. The zero-order chi connectivity index (χ0) is 17.1. The van der Waals surface area contributed by atoms with Crippen LogP contribution in [-0.2, 0) is 6.54 Å². The first kappa shape index (κ1) is 17.0. The van der Waals surface area contributed by atoms with Gasteiger partial charge in [0.2, 0.25) is 0 Å². The zero-order valence-electron chi connectivity index (χ0n) is 13.0. The van der Waals surface area contributed by atoms with Crippen LogP contribution in [-0.4, -0.2) is 36.0 Å². The summed E-state index contributed by atoms with van der Waals surface area (Å²) in [5.41, 5.74) is 1.79. The van der Waals surface area contributed by atoms with E-state index in [2.05, 4.69) is 4.90 Å². The second kappa shape index (κ2) is 7.38. The minimum atomic E-state index is -0.378. The van der Waals surface area contributed by atoms with Crippen molar-refractivity contribution in [3.05, 3.63) is 68.2 Å². The smallest absolute Gasteiger partial charge is 0.294 e. The third-order valence-corrected chi connectivity index (χ3v) is 4.80. The van der Waals surface area contributed by atoms with Crippen LogP contribution in [0.3, 0.4) is 0 Å². The standard InChI is InChI=1S/C17H17Cl2N3O2/c18-14-5-6-16(17(11-14)22(23)24)21-9-7-20(8-10-21)12-13-3-1-2-4-15(13)19/h1-6,11H,7-10,12H2. The van der Waals surface area contributed by atoms with E-state index in [1.807, 2.05) is 29.2 Å². The van der Waals surface area contributed by atoms with Crippen molar-refractivity contribution in [2.75, 3.05) is 31.1 Å². The first-order valence-electron chi connectivity index (χ1n) is 7.69. The highest BCUT2D eigenvalue weighted by Gasteiger charge is 2.24. The van der Waals surface area contributed by atoms with Crippen LogP contribution >= 0.6 is 23.2 Å². The van der Waals surface area contributed by atoms with Crippen LogP contribution in [0.15, 0.2) is 42.5 Å². The van der Waals surface area contributed by atoms with Gasteiger partial charge in [0.15, 0.2) is 0 Å². The van der Waals surface area contributed by atoms with Gasteiger partial charge in [-0.3, -0.25) is 15.0 Å². The number of hydrogen-bond acceptors (Lipinski definition) is 4. The summed E-state index contributed by atoms with van der Waals surface area (Å²) in [7, 11) is 0. The highest BCUT2D eigenvalue weighted by atomic mass is 35.5. The molecule has 0 amide bonds. The van der Waals surface area contributed by atoms with Crippen molar-refractivity contribution in [3.63, 3.8) is 0 Å². The molecule has 2 aromatic rings. The van der Waals surface area contributed by atoms with Gasteiger partial charge in [-0.05, 0) is 23.8 Å². The summed E-state index contributed by atoms with van der Waals surface area (Å²) in [4.78, 5) is 15.2. The summed E-state index contributed by atoms with van der Waals surface area (Å²) in [6, 6.07) is 12.7. The number of benzene rings is 2. The minimum Gasteiger partial charge on any atom is -0.363 e. The van der Waals surface area contributed by atoms with Crippen LogP contribution in [0.1, 0.15) is 5.56 Å². The van der Waals surface area contributed by atoms with Crippen molar-refractivity contribution in [1.29, 1.82) is 0 Å². The lowest BCUT2D eigenvalue weighted by Gasteiger charge is -2.36. The Balaban J connectivity index is 1.67. The van der Waals surface area contributed by atoms with Gasteiger partial charge in [-0.25, -0.2) is 0 Å². The third-order valence-electron chi connectivity index (χ3n) is 4.20. The van der Waals surface area contributed by atoms with Gasteiger partial charge in [0, 0.05) is 48.8 Å². The molecule has 2 aromatic carbocycles. The molecule has 0 aliphatic carbocycles. The molecule has 126 valence electrons. The van der Waals surface area contributed by atoms with Crippen LogP contribution in [0.2, 0.25) is 10.0 Å².